The molecule has 0 aromatic rings. The summed E-state index contributed by atoms with van der Waals surface area (Å²) in [6, 6.07) is 0.883. The van der Waals surface area contributed by atoms with Crippen LogP contribution in [-0.2, 0) is 0 Å². The van der Waals surface area contributed by atoms with Crippen molar-refractivity contribution >= 4 is 0 Å². The second-order valence-corrected chi connectivity index (χ2v) is 5.12. The molecule has 82 valence electrons. The van der Waals surface area contributed by atoms with Crippen LogP contribution in [0.1, 0.15) is 38.5 Å². The van der Waals surface area contributed by atoms with Gasteiger partial charge < -0.3 is 10.6 Å². The van der Waals surface area contributed by atoms with E-state index in [0.29, 0.717) is 0 Å². The fraction of sp³-hybridized carbons (Fsp3) is 1.00. The van der Waals surface area contributed by atoms with E-state index in [4.69, 9.17) is 5.73 Å². The summed E-state index contributed by atoms with van der Waals surface area (Å²) in [6.07, 6.45) is 8.40. The number of nitrogens with zero attached hydrogens (tertiary/aromatic N) is 1. The Balaban J connectivity index is 2.04. The van der Waals surface area contributed by atoms with E-state index in [1.54, 1.807) is 0 Å². The molecule has 2 fully saturated rings. The van der Waals surface area contributed by atoms with Gasteiger partial charge in [0.15, 0.2) is 0 Å². The zero-order chi connectivity index (χ0) is 9.97. The van der Waals surface area contributed by atoms with Crippen molar-refractivity contribution in [1.29, 1.82) is 0 Å². The third kappa shape index (κ3) is 1.96. The minimum atomic E-state index is 0.883. The lowest BCUT2D eigenvalue weighted by atomic mass is 9.83. The van der Waals surface area contributed by atoms with Gasteiger partial charge in [0.1, 0.15) is 0 Å². The molecule has 0 radical (unpaired) electrons. The predicted octanol–water partition coefficient (Wildman–Crippen LogP) is 1.85. The molecule has 2 N–H and O–H groups in total. The minimum Gasteiger partial charge on any atom is -0.330 e. The number of fused-ring (bicyclic) bond motifs is 1. The van der Waals surface area contributed by atoms with Crippen LogP contribution in [0.2, 0.25) is 0 Å². The highest BCUT2D eigenvalue weighted by atomic mass is 15.1. The first kappa shape index (κ1) is 10.4. The molecule has 1 heterocycles. The van der Waals surface area contributed by atoms with E-state index in [-0.39, 0.29) is 0 Å². The zero-order valence-electron chi connectivity index (χ0n) is 9.41. The molecule has 1 saturated carbocycles. The highest BCUT2D eigenvalue weighted by Gasteiger charge is 2.36. The largest absolute Gasteiger partial charge is 0.330 e. The van der Waals surface area contributed by atoms with E-state index in [1.807, 2.05) is 0 Å². The Hall–Kier alpha value is -0.0800. The number of hydrogen-bond acceptors (Lipinski definition) is 2. The molecule has 2 aliphatic rings. The number of hydrogen-bond donors (Lipinski definition) is 1. The lowest BCUT2D eigenvalue weighted by Gasteiger charge is -2.30. The van der Waals surface area contributed by atoms with Crippen molar-refractivity contribution < 1.29 is 0 Å². The van der Waals surface area contributed by atoms with Gasteiger partial charge in [0.2, 0.25) is 0 Å². The van der Waals surface area contributed by atoms with Crippen molar-refractivity contribution in [2.24, 2.45) is 17.6 Å². The van der Waals surface area contributed by atoms with Crippen LogP contribution >= 0.6 is 0 Å². The van der Waals surface area contributed by atoms with E-state index in [2.05, 4.69) is 11.9 Å². The highest BCUT2D eigenvalue weighted by Crippen LogP contribution is 2.40. The molecule has 1 aliphatic carbocycles. The third-order valence-corrected chi connectivity index (χ3v) is 4.33. The van der Waals surface area contributed by atoms with E-state index < -0.39 is 0 Å². The van der Waals surface area contributed by atoms with Gasteiger partial charge in [-0.1, -0.05) is 6.42 Å². The van der Waals surface area contributed by atoms with Crippen molar-refractivity contribution in [2.45, 2.75) is 44.6 Å². The molecule has 2 heteroatoms. The second kappa shape index (κ2) is 4.63. The van der Waals surface area contributed by atoms with Crippen LogP contribution in [0.25, 0.3) is 0 Å². The first-order valence-corrected chi connectivity index (χ1v) is 6.23. The van der Waals surface area contributed by atoms with Gasteiger partial charge in [-0.25, -0.2) is 0 Å². The predicted molar refractivity (Wildman–Crippen MR) is 60.2 cm³/mol. The Morgan fingerprint density at radius 2 is 2.07 bits per heavy atom. The molecule has 0 aromatic heterocycles. The fourth-order valence-corrected chi connectivity index (χ4v) is 3.62. The normalized spacial score (nSPS) is 39.4. The standard InChI is InChI=1S/C12H24N2/c1-14-9-3-4-10(7-8-13)11-5-2-6-12(11)14/h10-12H,2-9,13H2,1H3. The molecule has 1 saturated heterocycles. The summed E-state index contributed by atoms with van der Waals surface area (Å²) in [4.78, 5) is 2.61. The Labute approximate surface area is 87.8 Å². The molecule has 3 unspecified atom stereocenters. The van der Waals surface area contributed by atoms with Gasteiger partial charge in [-0.15, -0.1) is 0 Å². The third-order valence-electron chi connectivity index (χ3n) is 4.33. The summed E-state index contributed by atoms with van der Waals surface area (Å²) in [7, 11) is 2.31. The smallest absolute Gasteiger partial charge is 0.0123 e. The maximum absolute atomic E-state index is 5.71. The van der Waals surface area contributed by atoms with Gasteiger partial charge in [0.05, 0.1) is 0 Å². The molecule has 2 nitrogen and oxygen atoms in total. The molecular weight excluding hydrogens is 172 g/mol. The average Bonchev–Trinajstić information content (AvgIpc) is 2.60. The maximum atomic E-state index is 5.71. The summed E-state index contributed by atoms with van der Waals surface area (Å²) in [5.41, 5.74) is 5.71. The van der Waals surface area contributed by atoms with Gasteiger partial charge in [-0.2, -0.15) is 0 Å². The zero-order valence-corrected chi connectivity index (χ0v) is 9.41. The molecule has 2 rings (SSSR count). The number of likely N-dealkylation sites (tertiary alicyclic amines) is 1. The Morgan fingerprint density at radius 3 is 2.86 bits per heavy atom. The van der Waals surface area contributed by atoms with Gasteiger partial charge in [0, 0.05) is 6.04 Å². The van der Waals surface area contributed by atoms with Crippen LogP contribution in [-0.4, -0.2) is 31.1 Å². The highest BCUT2D eigenvalue weighted by molar-refractivity contribution is 4.90. The summed E-state index contributed by atoms with van der Waals surface area (Å²) < 4.78 is 0. The molecule has 1 aliphatic heterocycles. The summed E-state index contributed by atoms with van der Waals surface area (Å²) >= 11 is 0. The van der Waals surface area contributed by atoms with Gasteiger partial charge >= 0.3 is 0 Å². The molecule has 3 atom stereocenters. The summed E-state index contributed by atoms with van der Waals surface area (Å²) in [5, 5.41) is 0. The lowest BCUT2D eigenvalue weighted by Crippen LogP contribution is -2.35. The first-order chi connectivity index (χ1) is 6.83. The molecule has 0 spiro atoms. The molecule has 0 amide bonds. The van der Waals surface area contributed by atoms with Crippen molar-refractivity contribution in [2.75, 3.05) is 20.1 Å². The summed E-state index contributed by atoms with van der Waals surface area (Å²) in [5.74, 6) is 1.89. The minimum absolute atomic E-state index is 0.883. The van der Waals surface area contributed by atoms with Crippen LogP contribution in [0, 0.1) is 11.8 Å². The Morgan fingerprint density at radius 1 is 1.21 bits per heavy atom. The molecule has 0 aromatic carbocycles. The van der Waals surface area contributed by atoms with E-state index in [0.717, 1.165) is 24.4 Å². The Kier molecular flexibility index (Phi) is 3.45. The quantitative estimate of drug-likeness (QED) is 0.730. The summed E-state index contributed by atoms with van der Waals surface area (Å²) in [6.45, 7) is 2.19. The SMILES string of the molecule is CN1CCCC(CCN)C2CCCC21. The number of rotatable bonds is 2. The topological polar surface area (TPSA) is 29.3 Å². The van der Waals surface area contributed by atoms with Crippen LogP contribution in [0.4, 0.5) is 0 Å². The monoisotopic (exact) mass is 196 g/mol. The molecule has 0 bridgehead atoms. The van der Waals surface area contributed by atoms with Crippen LogP contribution in [0.5, 0.6) is 0 Å². The molecule has 14 heavy (non-hydrogen) atoms. The van der Waals surface area contributed by atoms with Crippen molar-refractivity contribution in [1.82, 2.24) is 4.90 Å². The van der Waals surface area contributed by atoms with Crippen molar-refractivity contribution in [3.05, 3.63) is 0 Å². The second-order valence-electron chi connectivity index (χ2n) is 5.12. The molecular formula is C12H24N2. The van der Waals surface area contributed by atoms with Crippen LogP contribution in [0.15, 0.2) is 0 Å². The van der Waals surface area contributed by atoms with Crippen molar-refractivity contribution in [3.8, 4) is 0 Å². The first-order valence-electron chi connectivity index (χ1n) is 6.23. The fourth-order valence-electron chi connectivity index (χ4n) is 3.62. The van der Waals surface area contributed by atoms with Gasteiger partial charge in [0.25, 0.3) is 0 Å². The van der Waals surface area contributed by atoms with Gasteiger partial charge in [-0.05, 0) is 64.1 Å². The van der Waals surface area contributed by atoms with E-state index >= 15 is 0 Å². The van der Waals surface area contributed by atoms with E-state index in [1.165, 1.54) is 45.1 Å². The van der Waals surface area contributed by atoms with Crippen LogP contribution in [0.3, 0.4) is 0 Å². The van der Waals surface area contributed by atoms with Gasteiger partial charge in [-0.3, -0.25) is 0 Å². The Bertz CT molecular complexity index is 181. The number of nitrogens with two attached hydrogens (primary N) is 1. The van der Waals surface area contributed by atoms with Crippen molar-refractivity contribution in [3.63, 3.8) is 0 Å². The maximum Gasteiger partial charge on any atom is 0.0123 e. The van der Waals surface area contributed by atoms with Crippen LogP contribution < -0.4 is 5.73 Å². The lowest BCUT2D eigenvalue weighted by molar-refractivity contribution is 0.184. The average molecular weight is 196 g/mol. The van der Waals surface area contributed by atoms with E-state index in [9.17, 15) is 0 Å².